The van der Waals surface area contributed by atoms with Crippen molar-refractivity contribution in [3.8, 4) is 0 Å². The maximum absolute atomic E-state index is 12.6. The van der Waals surface area contributed by atoms with Crippen molar-refractivity contribution in [3.63, 3.8) is 0 Å². The van der Waals surface area contributed by atoms with Gasteiger partial charge in [-0.3, -0.25) is 9.59 Å². The van der Waals surface area contributed by atoms with Crippen LogP contribution in [0.5, 0.6) is 0 Å². The van der Waals surface area contributed by atoms with Gasteiger partial charge in [-0.05, 0) is 42.7 Å². The van der Waals surface area contributed by atoms with Crippen LogP contribution in [-0.2, 0) is 26.0 Å². The molecule has 0 aromatic heterocycles. The Morgan fingerprint density at radius 1 is 1.11 bits per heavy atom. The molecule has 0 aliphatic carbocycles. The number of hydrogen-bond acceptors (Lipinski definition) is 4. The third kappa shape index (κ3) is 4.53. The Kier molecular flexibility index (Phi) is 5.57. The van der Waals surface area contributed by atoms with Gasteiger partial charge in [-0.2, -0.15) is 4.72 Å². The number of benzene rings is 2. The molecule has 1 saturated heterocycles. The maximum Gasteiger partial charge on any atom is 0.241 e. The molecule has 8 heteroatoms. The minimum Gasteiger partial charge on any atom is -0.368 e. The predicted molar refractivity (Wildman–Crippen MR) is 101 cm³/mol. The number of primary amides is 1. The molecule has 1 aliphatic heterocycles. The van der Waals surface area contributed by atoms with Gasteiger partial charge in [0.25, 0.3) is 0 Å². The number of carbonyl (C=O) groups is 2. The summed E-state index contributed by atoms with van der Waals surface area (Å²) in [5, 5.41) is 0. The first-order chi connectivity index (χ1) is 12.9. The van der Waals surface area contributed by atoms with Crippen LogP contribution < -0.4 is 15.4 Å². The minimum absolute atomic E-state index is 0.0113. The molecule has 1 atom stereocenters. The van der Waals surface area contributed by atoms with Crippen LogP contribution >= 0.6 is 0 Å². The van der Waals surface area contributed by atoms with Gasteiger partial charge >= 0.3 is 0 Å². The summed E-state index contributed by atoms with van der Waals surface area (Å²) in [7, 11) is -3.93. The Balaban J connectivity index is 1.76. The number of nitrogens with one attached hydrogen (secondary N) is 1. The zero-order valence-electron chi connectivity index (χ0n) is 14.7. The van der Waals surface area contributed by atoms with Crippen molar-refractivity contribution < 1.29 is 18.0 Å². The van der Waals surface area contributed by atoms with E-state index in [2.05, 4.69) is 4.72 Å². The van der Waals surface area contributed by atoms with Crippen molar-refractivity contribution in [1.29, 1.82) is 0 Å². The Labute approximate surface area is 158 Å². The van der Waals surface area contributed by atoms with Crippen LogP contribution in [0.3, 0.4) is 0 Å². The lowest BCUT2D eigenvalue weighted by atomic mass is 10.1. The summed E-state index contributed by atoms with van der Waals surface area (Å²) in [5.41, 5.74) is 6.84. The van der Waals surface area contributed by atoms with Gasteiger partial charge in [0, 0.05) is 18.7 Å². The van der Waals surface area contributed by atoms with Gasteiger partial charge in [0.05, 0.1) is 4.90 Å². The van der Waals surface area contributed by atoms with E-state index in [1.54, 1.807) is 41.3 Å². The lowest BCUT2D eigenvalue weighted by Gasteiger charge is -2.18. The van der Waals surface area contributed by atoms with E-state index in [0.29, 0.717) is 18.7 Å². The number of carbonyl (C=O) groups excluding carboxylic acids is 2. The van der Waals surface area contributed by atoms with Crippen LogP contribution in [0.15, 0.2) is 59.5 Å². The highest BCUT2D eigenvalue weighted by molar-refractivity contribution is 7.89. The topological polar surface area (TPSA) is 110 Å². The van der Waals surface area contributed by atoms with Crippen molar-refractivity contribution in [3.05, 3.63) is 60.2 Å². The molecule has 2 aromatic rings. The van der Waals surface area contributed by atoms with Crippen molar-refractivity contribution in [1.82, 2.24) is 4.72 Å². The van der Waals surface area contributed by atoms with Gasteiger partial charge < -0.3 is 10.6 Å². The van der Waals surface area contributed by atoms with Gasteiger partial charge in [0.15, 0.2) is 0 Å². The number of hydrogen-bond donors (Lipinski definition) is 2. The summed E-state index contributed by atoms with van der Waals surface area (Å²) < 4.78 is 27.6. The zero-order valence-corrected chi connectivity index (χ0v) is 15.5. The SMILES string of the molecule is NC(=O)[C@@H](Cc1ccccc1)NS(=O)(=O)c1ccc(N2CCCC2=O)cc1. The average molecular weight is 387 g/mol. The number of nitrogens with two attached hydrogens (primary N) is 1. The third-order valence-corrected chi connectivity index (χ3v) is 5.94. The van der Waals surface area contributed by atoms with Crippen LogP contribution in [0.25, 0.3) is 0 Å². The molecule has 27 heavy (non-hydrogen) atoms. The summed E-state index contributed by atoms with van der Waals surface area (Å²) in [6.07, 6.45) is 1.46. The molecule has 2 aromatic carbocycles. The fourth-order valence-corrected chi connectivity index (χ4v) is 4.24. The van der Waals surface area contributed by atoms with Crippen LogP contribution in [0.2, 0.25) is 0 Å². The Hall–Kier alpha value is -2.71. The fourth-order valence-electron chi connectivity index (χ4n) is 3.03. The first-order valence-electron chi connectivity index (χ1n) is 8.63. The van der Waals surface area contributed by atoms with Crippen LogP contribution in [0.4, 0.5) is 5.69 Å². The van der Waals surface area contributed by atoms with E-state index in [0.717, 1.165) is 12.0 Å². The predicted octanol–water partition coefficient (Wildman–Crippen LogP) is 1.19. The number of anilines is 1. The lowest BCUT2D eigenvalue weighted by Crippen LogP contribution is -2.45. The highest BCUT2D eigenvalue weighted by atomic mass is 32.2. The third-order valence-electron chi connectivity index (χ3n) is 4.46. The smallest absolute Gasteiger partial charge is 0.241 e. The van der Waals surface area contributed by atoms with E-state index in [4.69, 9.17) is 5.73 Å². The molecule has 1 fully saturated rings. The Morgan fingerprint density at radius 2 is 1.78 bits per heavy atom. The summed E-state index contributed by atoms with van der Waals surface area (Å²) >= 11 is 0. The molecular weight excluding hydrogens is 366 g/mol. The lowest BCUT2D eigenvalue weighted by molar-refractivity contribution is -0.119. The maximum atomic E-state index is 12.6. The van der Waals surface area contributed by atoms with E-state index in [1.165, 1.54) is 12.1 Å². The van der Waals surface area contributed by atoms with E-state index in [1.807, 2.05) is 6.07 Å². The van der Waals surface area contributed by atoms with Crippen molar-refractivity contribution in [2.24, 2.45) is 5.73 Å². The van der Waals surface area contributed by atoms with Crippen LogP contribution in [0.1, 0.15) is 18.4 Å². The summed E-state index contributed by atoms with van der Waals surface area (Å²) in [4.78, 5) is 25.2. The number of nitrogens with zero attached hydrogens (tertiary/aromatic N) is 1. The standard InChI is InChI=1S/C19H21N3O4S/c20-19(24)17(13-14-5-2-1-3-6-14)21-27(25,26)16-10-8-15(9-11-16)22-12-4-7-18(22)23/h1-3,5-6,8-11,17,21H,4,7,12-13H2,(H2,20,24)/t17-/m1/s1. The normalized spacial score (nSPS) is 15.7. The summed E-state index contributed by atoms with van der Waals surface area (Å²) in [6, 6.07) is 14.0. The first kappa shape index (κ1) is 19.1. The summed E-state index contributed by atoms with van der Waals surface area (Å²) in [5.74, 6) is -0.720. The first-order valence-corrected chi connectivity index (χ1v) is 10.1. The molecule has 0 spiro atoms. The molecule has 3 rings (SSSR count). The second-order valence-electron chi connectivity index (χ2n) is 6.41. The average Bonchev–Trinajstić information content (AvgIpc) is 3.08. The molecule has 7 nitrogen and oxygen atoms in total. The van der Waals surface area contributed by atoms with E-state index in [9.17, 15) is 18.0 Å². The molecule has 2 amide bonds. The molecule has 1 aliphatic rings. The number of rotatable bonds is 7. The number of sulfonamides is 1. The zero-order chi connectivity index (χ0) is 19.4. The van der Waals surface area contributed by atoms with Gasteiger partial charge in [-0.25, -0.2) is 8.42 Å². The largest absolute Gasteiger partial charge is 0.368 e. The summed E-state index contributed by atoms with van der Waals surface area (Å²) in [6.45, 7) is 0.629. The van der Waals surface area contributed by atoms with Crippen molar-refractivity contribution in [2.75, 3.05) is 11.4 Å². The van der Waals surface area contributed by atoms with E-state index < -0.39 is 22.0 Å². The molecule has 0 saturated carbocycles. The van der Waals surface area contributed by atoms with E-state index >= 15 is 0 Å². The van der Waals surface area contributed by atoms with Gasteiger partial charge in [0.1, 0.15) is 6.04 Å². The molecule has 0 bridgehead atoms. The van der Waals surface area contributed by atoms with E-state index in [-0.39, 0.29) is 17.2 Å². The molecular formula is C19H21N3O4S. The quantitative estimate of drug-likeness (QED) is 0.743. The molecule has 0 unspecified atom stereocenters. The van der Waals surface area contributed by atoms with Crippen LogP contribution in [0, 0.1) is 0 Å². The number of amides is 2. The highest BCUT2D eigenvalue weighted by Crippen LogP contribution is 2.23. The molecule has 142 valence electrons. The molecule has 3 N–H and O–H groups in total. The fraction of sp³-hybridized carbons (Fsp3) is 0.263. The van der Waals surface area contributed by atoms with Crippen molar-refractivity contribution in [2.45, 2.75) is 30.2 Å². The monoisotopic (exact) mass is 387 g/mol. The molecule has 1 heterocycles. The Bertz CT molecular complexity index is 927. The van der Waals surface area contributed by atoms with Crippen LogP contribution in [-0.4, -0.2) is 32.8 Å². The van der Waals surface area contributed by atoms with Gasteiger partial charge in [0.2, 0.25) is 21.8 Å². The second-order valence-corrected chi connectivity index (χ2v) is 8.12. The van der Waals surface area contributed by atoms with Crippen molar-refractivity contribution >= 4 is 27.5 Å². The Morgan fingerprint density at radius 3 is 2.33 bits per heavy atom. The highest BCUT2D eigenvalue weighted by Gasteiger charge is 2.26. The van der Waals surface area contributed by atoms with Gasteiger partial charge in [-0.1, -0.05) is 30.3 Å². The van der Waals surface area contributed by atoms with Gasteiger partial charge in [-0.15, -0.1) is 0 Å². The second kappa shape index (κ2) is 7.89. The minimum atomic E-state index is -3.93. The molecule has 0 radical (unpaired) electrons.